The van der Waals surface area contributed by atoms with E-state index in [2.05, 4.69) is 20.8 Å². The first kappa shape index (κ1) is 21.5. The summed E-state index contributed by atoms with van der Waals surface area (Å²) in [6.07, 6.45) is 0. The Labute approximate surface area is 181 Å². The minimum Gasteiger partial charge on any atom is -0.495 e. The molecule has 0 aliphatic heterocycles. The highest BCUT2D eigenvalue weighted by atomic mass is 32.2. The van der Waals surface area contributed by atoms with Crippen molar-refractivity contribution in [1.29, 1.82) is 0 Å². The van der Waals surface area contributed by atoms with Gasteiger partial charge in [-0.05, 0) is 37.6 Å². The van der Waals surface area contributed by atoms with Crippen LogP contribution in [-0.2, 0) is 4.79 Å². The minimum atomic E-state index is -0.530. The molecule has 1 aromatic heterocycles. The Morgan fingerprint density at radius 2 is 2.07 bits per heavy atom. The van der Waals surface area contributed by atoms with Crippen LogP contribution in [-0.4, -0.2) is 33.4 Å². The van der Waals surface area contributed by atoms with Gasteiger partial charge in [-0.25, -0.2) is 0 Å². The highest BCUT2D eigenvalue weighted by molar-refractivity contribution is 8.02. The number of nitro groups is 1. The van der Waals surface area contributed by atoms with Crippen LogP contribution in [0.4, 0.5) is 22.2 Å². The van der Waals surface area contributed by atoms with E-state index in [0.29, 0.717) is 15.2 Å². The number of nitrogens with one attached hydrogen (secondary N) is 2. The number of rotatable bonds is 8. The molecule has 0 saturated heterocycles. The Hall–Kier alpha value is -3.18. The zero-order valence-electron chi connectivity index (χ0n) is 16.4. The molecule has 3 aromatic rings. The molecule has 2 N–H and O–H groups in total. The van der Waals surface area contributed by atoms with Crippen LogP contribution >= 0.6 is 23.1 Å². The van der Waals surface area contributed by atoms with Crippen LogP contribution in [0.1, 0.15) is 12.5 Å². The third kappa shape index (κ3) is 5.45. The number of amides is 1. The highest BCUT2D eigenvalue weighted by Gasteiger charge is 2.20. The third-order valence-electron chi connectivity index (χ3n) is 3.97. The van der Waals surface area contributed by atoms with E-state index in [4.69, 9.17) is 4.74 Å². The van der Waals surface area contributed by atoms with Crippen molar-refractivity contribution in [2.75, 3.05) is 17.7 Å². The number of ether oxygens (including phenoxy) is 1. The molecule has 2 aromatic carbocycles. The van der Waals surface area contributed by atoms with Crippen LogP contribution < -0.4 is 15.4 Å². The van der Waals surface area contributed by atoms with Crippen molar-refractivity contribution in [3.05, 3.63) is 58.1 Å². The van der Waals surface area contributed by atoms with E-state index in [1.165, 1.54) is 48.4 Å². The lowest BCUT2D eigenvalue weighted by molar-refractivity contribution is -0.384. The Morgan fingerprint density at radius 1 is 1.27 bits per heavy atom. The first-order chi connectivity index (χ1) is 14.4. The van der Waals surface area contributed by atoms with Crippen LogP contribution in [0.5, 0.6) is 5.75 Å². The van der Waals surface area contributed by atoms with Crippen molar-refractivity contribution < 1.29 is 14.5 Å². The van der Waals surface area contributed by atoms with E-state index in [1.807, 2.05) is 31.2 Å². The van der Waals surface area contributed by atoms with Gasteiger partial charge in [-0.1, -0.05) is 35.2 Å². The number of benzene rings is 2. The molecule has 0 bridgehead atoms. The number of aryl methyl sites for hydroxylation is 1. The molecule has 1 amide bonds. The van der Waals surface area contributed by atoms with Crippen molar-refractivity contribution in [2.24, 2.45) is 0 Å². The van der Waals surface area contributed by atoms with Gasteiger partial charge in [0.15, 0.2) is 4.34 Å². The second kappa shape index (κ2) is 9.55. The maximum absolute atomic E-state index is 12.6. The summed E-state index contributed by atoms with van der Waals surface area (Å²) in [7, 11) is 1.43. The summed E-state index contributed by atoms with van der Waals surface area (Å²) >= 11 is 2.58. The molecule has 0 radical (unpaired) electrons. The van der Waals surface area contributed by atoms with Gasteiger partial charge in [0.05, 0.1) is 23.0 Å². The van der Waals surface area contributed by atoms with E-state index in [1.54, 1.807) is 6.92 Å². The fourth-order valence-corrected chi connectivity index (χ4v) is 4.42. The maximum atomic E-state index is 12.6. The Balaban J connectivity index is 1.64. The topological polar surface area (TPSA) is 119 Å². The molecule has 0 spiro atoms. The first-order valence-electron chi connectivity index (χ1n) is 8.83. The fraction of sp³-hybridized carbons (Fsp3) is 0.211. The summed E-state index contributed by atoms with van der Waals surface area (Å²) < 4.78 is 5.80. The average molecular weight is 446 g/mol. The van der Waals surface area contributed by atoms with E-state index in [9.17, 15) is 14.9 Å². The lowest BCUT2D eigenvalue weighted by atomic mass is 10.2. The number of non-ortho nitro benzene ring substituents is 1. The molecular weight excluding hydrogens is 426 g/mol. The monoisotopic (exact) mass is 445 g/mol. The van der Waals surface area contributed by atoms with E-state index >= 15 is 0 Å². The van der Waals surface area contributed by atoms with Crippen LogP contribution in [0, 0.1) is 17.0 Å². The van der Waals surface area contributed by atoms with Gasteiger partial charge in [-0.2, -0.15) is 0 Å². The zero-order valence-corrected chi connectivity index (χ0v) is 18.0. The van der Waals surface area contributed by atoms with Gasteiger partial charge < -0.3 is 15.4 Å². The maximum Gasteiger partial charge on any atom is 0.271 e. The standard InChI is InChI=1S/C19H19N5O4S2/c1-11-5-4-6-13(9-11)20-18-22-23-19(30-18)29-12(2)17(25)21-15-10-14(24(26)27)7-8-16(15)28-3/h4-10,12H,1-3H3,(H,20,22)(H,21,25)/t12-/m1/s1. The van der Waals surface area contributed by atoms with Crippen molar-refractivity contribution in [2.45, 2.75) is 23.4 Å². The summed E-state index contributed by atoms with van der Waals surface area (Å²) in [4.78, 5) is 23.0. The van der Waals surface area contributed by atoms with Gasteiger partial charge in [-0.3, -0.25) is 14.9 Å². The van der Waals surface area contributed by atoms with Crippen LogP contribution in [0.2, 0.25) is 0 Å². The molecule has 11 heteroatoms. The largest absolute Gasteiger partial charge is 0.495 e. The van der Waals surface area contributed by atoms with Crippen molar-refractivity contribution in [3.63, 3.8) is 0 Å². The van der Waals surface area contributed by atoms with Crippen molar-refractivity contribution in [1.82, 2.24) is 10.2 Å². The molecule has 0 fully saturated rings. The molecule has 9 nitrogen and oxygen atoms in total. The van der Waals surface area contributed by atoms with Crippen molar-refractivity contribution >= 4 is 51.2 Å². The smallest absolute Gasteiger partial charge is 0.271 e. The summed E-state index contributed by atoms with van der Waals surface area (Å²) in [5.74, 6) is 0.00824. The Bertz CT molecular complexity index is 1070. The summed E-state index contributed by atoms with van der Waals surface area (Å²) in [5.41, 5.74) is 2.14. The van der Waals surface area contributed by atoms with Crippen LogP contribution in [0.15, 0.2) is 46.8 Å². The van der Waals surface area contributed by atoms with Gasteiger partial charge in [0.25, 0.3) is 5.69 Å². The Morgan fingerprint density at radius 3 is 2.77 bits per heavy atom. The number of aromatic nitrogens is 2. The quantitative estimate of drug-likeness (QED) is 0.293. The number of methoxy groups -OCH3 is 1. The third-order valence-corrected chi connectivity index (χ3v) is 6.00. The number of hydrogen-bond donors (Lipinski definition) is 2. The number of hydrogen-bond acceptors (Lipinski definition) is 9. The molecule has 0 aliphatic rings. The number of nitro benzene ring substituents is 1. The normalized spacial score (nSPS) is 11.6. The second-order valence-electron chi connectivity index (χ2n) is 6.26. The molecule has 0 aliphatic carbocycles. The van der Waals surface area contributed by atoms with Gasteiger partial charge in [0, 0.05) is 17.8 Å². The molecule has 30 heavy (non-hydrogen) atoms. The predicted octanol–water partition coefficient (Wildman–Crippen LogP) is 4.63. The van der Waals surface area contributed by atoms with E-state index < -0.39 is 10.2 Å². The molecule has 1 atom stereocenters. The molecule has 156 valence electrons. The van der Waals surface area contributed by atoms with Gasteiger partial charge in [-0.15, -0.1) is 10.2 Å². The van der Waals surface area contributed by atoms with Crippen LogP contribution in [0.3, 0.4) is 0 Å². The van der Waals surface area contributed by atoms with Gasteiger partial charge in [0.2, 0.25) is 11.0 Å². The molecule has 3 rings (SSSR count). The average Bonchev–Trinajstić information content (AvgIpc) is 3.14. The summed E-state index contributed by atoms with van der Waals surface area (Å²) in [5, 5.41) is 25.2. The van der Waals surface area contributed by atoms with E-state index in [-0.39, 0.29) is 17.3 Å². The molecule has 0 saturated carbocycles. The van der Waals surface area contributed by atoms with Crippen LogP contribution in [0.25, 0.3) is 0 Å². The summed E-state index contributed by atoms with van der Waals surface area (Å²) in [6, 6.07) is 11.9. The Kier molecular flexibility index (Phi) is 6.85. The predicted molar refractivity (Wildman–Crippen MR) is 118 cm³/mol. The SMILES string of the molecule is COc1ccc([N+](=O)[O-])cc1NC(=O)[C@@H](C)Sc1nnc(Nc2cccc(C)c2)s1. The second-order valence-corrected chi connectivity index (χ2v) is 8.82. The molecule has 0 unspecified atom stereocenters. The number of anilines is 3. The number of carbonyl (C=O) groups is 1. The van der Waals surface area contributed by atoms with Gasteiger partial charge in [0.1, 0.15) is 5.75 Å². The van der Waals surface area contributed by atoms with Crippen molar-refractivity contribution in [3.8, 4) is 5.75 Å². The lowest BCUT2D eigenvalue weighted by Gasteiger charge is -2.13. The van der Waals surface area contributed by atoms with E-state index in [0.717, 1.165) is 11.3 Å². The molecule has 1 heterocycles. The number of nitrogens with zero attached hydrogens (tertiary/aromatic N) is 3. The number of carbonyl (C=O) groups excluding carboxylic acids is 1. The first-order valence-corrected chi connectivity index (χ1v) is 10.5. The zero-order chi connectivity index (χ0) is 21.7. The highest BCUT2D eigenvalue weighted by Crippen LogP contribution is 2.33. The van der Waals surface area contributed by atoms with Gasteiger partial charge >= 0.3 is 0 Å². The minimum absolute atomic E-state index is 0.137. The fourth-order valence-electron chi connectivity index (χ4n) is 2.50. The lowest BCUT2D eigenvalue weighted by Crippen LogP contribution is -2.22. The molecular formula is C19H19N5O4S2. The summed E-state index contributed by atoms with van der Waals surface area (Å²) in [6.45, 7) is 3.72. The number of thioether (sulfide) groups is 1.